The van der Waals surface area contributed by atoms with Gasteiger partial charge >= 0.3 is 0 Å². The molecule has 0 radical (unpaired) electrons. The van der Waals surface area contributed by atoms with Crippen LogP contribution in [0.25, 0.3) is 0 Å². The zero-order valence-electron chi connectivity index (χ0n) is 14.6. The second-order valence-corrected chi connectivity index (χ2v) is 9.27. The normalized spacial score (nSPS) is 40.0. The van der Waals surface area contributed by atoms with Crippen molar-refractivity contribution in [1.82, 2.24) is 0 Å². The van der Waals surface area contributed by atoms with E-state index in [9.17, 15) is 10.2 Å². The van der Waals surface area contributed by atoms with Crippen molar-refractivity contribution < 1.29 is 10.2 Å². The zero-order valence-corrected chi connectivity index (χ0v) is 15.5. The summed E-state index contributed by atoms with van der Waals surface area (Å²) in [6.07, 6.45) is 15.4. The molecule has 0 aromatic carbocycles. The summed E-state index contributed by atoms with van der Waals surface area (Å²) < 4.78 is 0. The summed E-state index contributed by atoms with van der Waals surface area (Å²) in [7, 11) is 0. The maximum absolute atomic E-state index is 10.7. The first-order valence-electron chi connectivity index (χ1n) is 10.2. The average molecular weight is 341 g/mol. The number of hydrogen-bond acceptors (Lipinski definition) is 3. The van der Waals surface area contributed by atoms with Crippen molar-refractivity contribution in [2.24, 2.45) is 23.7 Å². The molecule has 23 heavy (non-hydrogen) atoms. The number of thiol groups is 1. The molecular formula is C20H36O2S. The maximum atomic E-state index is 10.7. The predicted octanol–water partition coefficient (Wildman–Crippen LogP) is 4.58. The molecule has 6 atom stereocenters. The zero-order chi connectivity index (χ0) is 16.2. The molecule has 3 rings (SSSR count). The van der Waals surface area contributed by atoms with Crippen LogP contribution in [0.3, 0.4) is 0 Å². The molecule has 3 heteroatoms. The van der Waals surface area contributed by atoms with Gasteiger partial charge < -0.3 is 10.2 Å². The SMILES string of the molecule is OC1CCC(C(O)CCC2CCCC2S)C1CCC1CCCC1. The third-order valence-electron chi connectivity index (χ3n) is 7.17. The third kappa shape index (κ3) is 4.67. The minimum Gasteiger partial charge on any atom is -0.393 e. The number of rotatable bonds is 7. The van der Waals surface area contributed by atoms with Gasteiger partial charge in [0.25, 0.3) is 0 Å². The summed E-state index contributed by atoms with van der Waals surface area (Å²) >= 11 is 4.69. The van der Waals surface area contributed by atoms with Crippen LogP contribution in [0.2, 0.25) is 0 Å². The lowest BCUT2D eigenvalue weighted by atomic mass is 9.82. The Morgan fingerprint density at radius 3 is 2.35 bits per heavy atom. The van der Waals surface area contributed by atoms with Crippen LogP contribution in [0.1, 0.15) is 83.5 Å². The molecule has 0 saturated heterocycles. The molecule has 134 valence electrons. The molecule has 0 heterocycles. The highest BCUT2D eigenvalue weighted by molar-refractivity contribution is 7.81. The van der Waals surface area contributed by atoms with Gasteiger partial charge in [0.1, 0.15) is 0 Å². The van der Waals surface area contributed by atoms with Crippen molar-refractivity contribution in [3.63, 3.8) is 0 Å². The van der Waals surface area contributed by atoms with E-state index in [0.29, 0.717) is 23.0 Å². The summed E-state index contributed by atoms with van der Waals surface area (Å²) in [4.78, 5) is 0. The first-order valence-corrected chi connectivity index (χ1v) is 10.7. The Balaban J connectivity index is 1.45. The standard InChI is InChI=1S/C20H36O2S/c21-18(12-9-15-6-3-7-20(15)23)17-11-13-19(22)16(17)10-8-14-4-1-2-5-14/h14-23H,1-13H2. The van der Waals surface area contributed by atoms with Crippen LogP contribution in [0, 0.1) is 23.7 Å². The molecule has 0 amide bonds. The molecule has 6 unspecified atom stereocenters. The maximum Gasteiger partial charge on any atom is 0.0572 e. The molecule has 3 saturated carbocycles. The first kappa shape index (κ1) is 18.1. The molecule has 2 N–H and O–H groups in total. The van der Waals surface area contributed by atoms with Crippen molar-refractivity contribution in [1.29, 1.82) is 0 Å². The van der Waals surface area contributed by atoms with Crippen molar-refractivity contribution in [2.45, 2.75) is 101 Å². The van der Waals surface area contributed by atoms with Gasteiger partial charge in [-0.1, -0.05) is 38.5 Å². The summed E-state index contributed by atoms with van der Waals surface area (Å²) in [6.45, 7) is 0. The van der Waals surface area contributed by atoms with E-state index in [4.69, 9.17) is 12.6 Å². The van der Waals surface area contributed by atoms with E-state index in [1.54, 1.807) is 0 Å². The molecule has 2 nitrogen and oxygen atoms in total. The Labute approximate surface area is 147 Å². The predicted molar refractivity (Wildman–Crippen MR) is 98.8 cm³/mol. The number of aliphatic hydroxyl groups is 2. The van der Waals surface area contributed by atoms with Gasteiger partial charge in [0.15, 0.2) is 0 Å². The molecule has 3 aliphatic rings. The third-order valence-corrected chi connectivity index (χ3v) is 7.85. The summed E-state index contributed by atoms with van der Waals surface area (Å²) in [6, 6.07) is 0. The fraction of sp³-hybridized carbons (Fsp3) is 1.00. The van der Waals surface area contributed by atoms with Crippen LogP contribution >= 0.6 is 12.6 Å². The van der Waals surface area contributed by atoms with Gasteiger partial charge in [0.2, 0.25) is 0 Å². The Morgan fingerprint density at radius 1 is 0.870 bits per heavy atom. The van der Waals surface area contributed by atoms with Crippen molar-refractivity contribution >= 4 is 12.6 Å². The van der Waals surface area contributed by atoms with E-state index < -0.39 is 0 Å². The van der Waals surface area contributed by atoms with E-state index in [1.165, 1.54) is 51.4 Å². The molecule has 0 bridgehead atoms. The van der Waals surface area contributed by atoms with Crippen molar-refractivity contribution in [3.8, 4) is 0 Å². The minimum absolute atomic E-state index is 0.167. The van der Waals surface area contributed by atoms with Gasteiger partial charge in [0.05, 0.1) is 12.2 Å². The average Bonchev–Trinajstić information content (AvgIpc) is 3.25. The van der Waals surface area contributed by atoms with Gasteiger partial charge in [-0.15, -0.1) is 0 Å². The second kappa shape index (κ2) is 8.58. The van der Waals surface area contributed by atoms with E-state index in [0.717, 1.165) is 38.0 Å². The van der Waals surface area contributed by atoms with Crippen LogP contribution in [0.15, 0.2) is 0 Å². The molecule has 0 spiro atoms. The van der Waals surface area contributed by atoms with E-state index >= 15 is 0 Å². The van der Waals surface area contributed by atoms with Crippen LogP contribution in [-0.2, 0) is 0 Å². The first-order chi connectivity index (χ1) is 11.1. The number of aliphatic hydroxyl groups excluding tert-OH is 2. The molecule has 0 aromatic heterocycles. The summed E-state index contributed by atoms with van der Waals surface area (Å²) in [5.74, 6) is 2.28. The molecular weight excluding hydrogens is 304 g/mol. The Hall–Kier alpha value is 0.270. The lowest BCUT2D eigenvalue weighted by Crippen LogP contribution is -2.29. The highest BCUT2D eigenvalue weighted by Gasteiger charge is 2.39. The number of hydrogen-bond donors (Lipinski definition) is 3. The largest absolute Gasteiger partial charge is 0.393 e. The second-order valence-electron chi connectivity index (χ2n) is 8.60. The lowest BCUT2D eigenvalue weighted by molar-refractivity contribution is 0.0356. The van der Waals surface area contributed by atoms with Gasteiger partial charge in [-0.05, 0) is 68.6 Å². The molecule has 3 aliphatic carbocycles. The fourth-order valence-electron chi connectivity index (χ4n) is 5.64. The van der Waals surface area contributed by atoms with E-state index in [1.807, 2.05) is 0 Å². The molecule has 0 aromatic rings. The van der Waals surface area contributed by atoms with Gasteiger partial charge in [-0.3, -0.25) is 0 Å². The Bertz CT molecular complexity index is 356. The summed E-state index contributed by atoms with van der Waals surface area (Å²) in [5, 5.41) is 21.7. The fourth-order valence-corrected chi connectivity index (χ4v) is 6.12. The van der Waals surface area contributed by atoms with Gasteiger partial charge in [-0.2, -0.15) is 12.6 Å². The highest BCUT2D eigenvalue weighted by Crippen LogP contribution is 2.42. The summed E-state index contributed by atoms with van der Waals surface area (Å²) in [5.41, 5.74) is 0. The van der Waals surface area contributed by atoms with Crippen molar-refractivity contribution in [2.75, 3.05) is 0 Å². The van der Waals surface area contributed by atoms with E-state index in [-0.39, 0.29) is 12.2 Å². The lowest BCUT2D eigenvalue weighted by Gasteiger charge is -2.28. The molecule has 0 aliphatic heterocycles. The monoisotopic (exact) mass is 340 g/mol. The smallest absolute Gasteiger partial charge is 0.0572 e. The topological polar surface area (TPSA) is 40.5 Å². The van der Waals surface area contributed by atoms with Gasteiger partial charge in [-0.25, -0.2) is 0 Å². The quantitative estimate of drug-likeness (QED) is 0.594. The van der Waals surface area contributed by atoms with Crippen LogP contribution < -0.4 is 0 Å². The van der Waals surface area contributed by atoms with E-state index in [2.05, 4.69) is 0 Å². The molecule has 3 fully saturated rings. The van der Waals surface area contributed by atoms with Crippen LogP contribution in [0.4, 0.5) is 0 Å². The van der Waals surface area contributed by atoms with Crippen LogP contribution in [0.5, 0.6) is 0 Å². The highest BCUT2D eigenvalue weighted by atomic mass is 32.1. The van der Waals surface area contributed by atoms with Crippen LogP contribution in [-0.4, -0.2) is 27.7 Å². The van der Waals surface area contributed by atoms with Gasteiger partial charge in [0, 0.05) is 5.25 Å². The van der Waals surface area contributed by atoms with Crippen molar-refractivity contribution in [3.05, 3.63) is 0 Å². The minimum atomic E-state index is -0.207. The Kier molecular flexibility index (Phi) is 6.74. The Morgan fingerprint density at radius 2 is 1.65 bits per heavy atom.